The minimum Gasteiger partial charge on any atom is -0.322 e. The summed E-state index contributed by atoms with van der Waals surface area (Å²) >= 11 is 5.88. The molecule has 0 atom stereocenters. The van der Waals surface area contributed by atoms with E-state index < -0.39 is 0 Å². The first kappa shape index (κ1) is 16.3. The lowest BCUT2D eigenvalue weighted by molar-refractivity contribution is 0.102. The second-order valence-corrected chi connectivity index (χ2v) is 5.90. The number of nitrogens with zero attached hydrogens (tertiary/aromatic N) is 2. The normalized spacial score (nSPS) is 10.6. The molecule has 1 N–H and O–H groups in total. The average Bonchev–Trinajstić information content (AvgIpc) is 3.02. The molecule has 0 fully saturated rings. The van der Waals surface area contributed by atoms with Gasteiger partial charge in [-0.2, -0.15) is 5.10 Å². The van der Waals surface area contributed by atoms with Gasteiger partial charge in [0.2, 0.25) is 0 Å². The highest BCUT2D eigenvalue weighted by molar-refractivity contribution is 6.30. The number of aromatic nitrogens is 2. The molecule has 0 radical (unpaired) electrons. The third kappa shape index (κ3) is 3.49. The molecule has 122 valence electrons. The highest BCUT2D eigenvalue weighted by Crippen LogP contribution is 2.19. The molecule has 3 aromatic rings. The molecule has 2 aromatic carbocycles. The fourth-order valence-corrected chi connectivity index (χ4v) is 2.69. The van der Waals surface area contributed by atoms with Crippen molar-refractivity contribution in [2.24, 2.45) is 0 Å². The van der Waals surface area contributed by atoms with E-state index >= 15 is 0 Å². The third-order valence-electron chi connectivity index (χ3n) is 3.70. The van der Waals surface area contributed by atoms with Gasteiger partial charge in [0, 0.05) is 10.7 Å². The third-order valence-corrected chi connectivity index (χ3v) is 3.96. The molecule has 24 heavy (non-hydrogen) atoms. The number of halogens is 1. The van der Waals surface area contributed by atoms with Crippen molar-refractivity contribution in [2.75, 3.05) is 5.32 Å². The minimum absolute atomic E-state index is 0.164. The molecule has 1 heterocycles. The molecular formula is C19H18ClN3O. The number of rotatable bonds is 5. The molecule has 0 saturated heterocycles. The van der Waals surface area contributed by atoms with Crippen LogP contribution in [0.3, 0.4) is 0 Å². The van der Waals surface area contributed by atoms with Crippen LogP contribution in [0.1, 0.15) is 29.4 Å². The van der Waals surface area contributed by atoms with Crippen LogP contribution in [0.5, 0.6) is 0 Å². The molecule has 0 aliphatic carbocycles. The number of para-hydroxylation sites is 1. The van der Waals surface area contributed by atoms with Gasteiger partial charge in [0.25, 0.3) is 5.91 Å². The van der Waals surface area contributed by atoms with Gasteiger partial charge in [-0.15, -0.1) is 0 Å². The zero-order valence-electron chi connectivity index (χ0n) is 13.4. The van der Waals surface area contributed by atoms with E-state index in [1.165, 1.54) is 0 Å². The first-order chi connectivity index (χ1) is 11.7. The van der Waals surface area contributed by atoms with Gasteiger partial charge in [-0.1, -0.05) is 43.1 Å². The van der Waals surface area contributed by atoms with Crippen molar-refractivity contribution in [3.8, 4) is 5.69 Å². The van der Waals surface area contributed by atoms with Crippen molar-refractivity contribution < 1.29 is 4.79 Å². The van der Waals surface area contributed by atoms with Crippen molar-refractivity contribution >= 4 is 23.2 Å². The largest absolute Gasteiger partial charge is 0.322 e. The minimum atomic E-state index is -0.164. The van der Waals surface area contributed by atoms with E-state index in [4.69, 9.17) is 11.6 Å². The van der Waals surface area contributed by atoms with E-state index in [9.17, 15) is 4.79 Å². The molecule has 0 spiro atoms. The number of hydrogen-bond acceptors (Lipinski definition) is 2. The molecule has 0 aliphatic heterocycles. The number of hydrogen-bond donors (Lipinski definition) is 1. The SMILES string of the molecule is CCCc1c(C(=O)Nc2ccc(Cl)cc2)cnn1-c1ccccc1. The number of benzene rings is 2. The Hall–Kier alpha value is -2.59. The molecule has 1 aromatic heterocycles. The van der Waals surface area contributed by atoms with Gasteiger partial charge >= 0.3 is 0 Å². The molecule has 0 saturated carbocycles. The number of carbonyl (C=O) groups is 1. The first-order valence-corrected chi connectivity index (χ1v) is 8.26. The maximum Gasteiger partial charge on any atom is 0.259 e. The van der Waals surface area contributed by atoms with Crippen LogP contribution in [-0.4, -0.2) is 15.7 Å². The predicted molar refractivity (Wildman–Crippen MR) is 97.0 cm³/mol. The van der Waals surface area contributed by atoms with E-state index in [0.717, 1.165) is 24.2 Å². The summed E-state index contributed by atoms with van der Waals surface area (Å²) in [6, 6.07) is 16.9. The number of anilines is 1. The van der Waals surface area contributed by atoms with Crippen LogP contribution in [0, 0.1) is 0 Å². The van der Waals surface area contributed by atoms with Crippen LogP contribution >= 0.6 is 11.6 Å². The lowest BCUT2D eigenvalue weighted by Gasteiger charge is -2.09. The highest BCUT2D eigenvalue weighted by atomic mass is 35.5. The second-order valence-electron chi connectivity index (χ2n) is 5.46. The average molecular weight is 340 g/mol. The smallest absolute Gasteiger partial charge is 0.259 e. The van der Waals surface area contributed by atoms with Gasteiger partial charge in [0.15, 0.2) is 0 Å². The molecule has 5 heteroatoms. The Morgan fingerprint density at radius 2 is 1.83 bits per heavy atom. The van der Waals surface area contributed by atoms with Gasteiger partial charge in [0.1, 0.15) is 0 Å². The Labute approximate surface area is 146 Å². The van der Waals surface area contributed by atoms with E-state index in [1.807, 2.05) is 35.0 Å². The molecule has 0 bridgehead atoms. The molecule has 0 unspecified atom stereocenters. The summed E-state index contributed by atoms with van der Waals surface area (Å²) in [5.74, 6) is -0.164. The van der Waals surface area contributed by atoms with Crippen molar-refractivity contribution in [3.05, 3.63) is 77.1 Å². The highest BCUT2D eigenvalue weighted by Gasteiger charge is 2.18. The summed E-state index contributed by atoms with van der Waals surface area (Å²) in [6.07, 6.45) is 3.33. The van der Waals surface area contributed by atoms with Crippen molar-refractivity contribution in [3.63, 3.8) is 0 Å². The number of nitrogens with one attached hydrogen (secondary N) is 1. The van der Waals surface area contributed by atoms with Crippen LogP contribution in [0.25, 0.3) is 5.69 Å². The summed E-state index contributed by atoms with van der Waals surface area (Å²) in [6.45, 7) is 2.09. The Balaban J connectivity index is 1.91. The second kappa shape index (κ2) is 7.32. The maximum absolute atomic E-state index is 12.6. The van der Waals surface area contributed by atoms with Crippen LogP contribution in [0.4, 0.5) is 5.69 Å². The van der Waals surface area contributed by atoms with Crippen molar-refractivity contribution in [1.29, 1.82) is 0 Å². The fraction of sp³-hybridized carbons (Fsp3) is 0.158. The molecule has 3 rings (SSSR count). The fourth-order valence-electron chi connectivity index (χ4n) is 2.56. The summed E-state index contributed by atoms with van der Waals surface area (Å²) in [7, 11) is 0. The lowest BCUT2D eigenvalue weighted by Crippen LogP contribution is -2.14. The Morgan fingerprint density at radius 3 is 2.50 bits per heavy atom. The standard InChI is InChI=1S/C19H18ClN3O/c1-2-6-18-17(13-21-23(18)16-7-4-3-5-8-16)19(24)22-15-11-9-14(20)10-12-15/h3-5,7-13H,2,6H2,1H3,(H,22,24). The van der Waals surface area contributed by atoms with Crippen LogP contribution in [0.15, 0.2) is 60.8 Å². The summed E-state index contributed by atoms with van der Waals surface area (Å²) < 4.78 is 1.83. The van der Waals surface area contributed by atoms with Gasteiger partial charge in [0.05, 0.1) is 23.1 Å². The van der Waals surface area contributed by atoms with Gasteiger partial charge in [-0.3, -0.25) is 4.79 Å². The van der Waals surface area contributed by atoms with Crippen LogP contribution in [0.2, 0.25) is 5.02 Å². The first-order valence-electron chi connectivity index (χ1n) is 7.88. The molecule has 0 aliphatic rings. The van der Waals surface area contributed by atoms with Gasteiger partial charge in [-0.25, -0.2) is 4.68 Å². The van der Waals surface area contributed by atoms with Crippen LogP contribution < -0.4 is 5.32 Å². The molecule has 1 amide bonds. The topological polar surface area (TPSA) is 46.9 Å². The Morgan fingerprint density at radius 1 is 1.12 bits per heavy atom. The number of amides is 1. The molecular weight excluding hydrogens is 322 g/mol. The monoisotopic (exact) mass is 339 g/mol. The van der Waals surface area contributed by atoms with E-state index in [2.05, 4.69) is 17.3 Å². The predicted octanol–water partition coefficient (Wildman–Crippen LogP) is 4.73. The van der Waals surface area contributed by atoms with E-state index in [-0.39, 0.29) is 5.91 Å². The van der Waals surface area contributed by atoms with Crippen molar-refractivity contribution in [2.45, 2.75) is 19.8 Å². The lowest BCUT2D eigenvalue weighted by atomic mass is 10.1. The van der Waals surface area contributed by atoms with Gasteiger partial charge in [-0.05, 0) is 42.8 Å². The summed E-state index contributed by atoms with van der Waals surface area (Å²) in [5, 5.41) is 7.95. The summed E-state index contributed by atoms with van der Waals surface area (Å²) in [5.41, 5.74) is 3.16. The van der Waals surface area contributed by atoms with Crippen LogP contribution in [-0.2, 0) is 6.42 Å². The maximum atomic E-state index is 12.6. The zero-order chi connectivity index (χ0) is 16.9. The Bertz CT molecular complexity index is 826. The quantitative estimate of drug-likeness (QED) is 0.730. The van der Waals surface area contributed by atoms with Crippen molar-refractivity contribution in [1.82, 2.24) is 9.78 Å². The van der Waals surface area contributed by atoms with E-state index in [1.54, 1.807) is 30.5 Å². The molecule has 4 nitrogen and oxygen atoms in total. The zero-order valence-corrected chi connectivity index (χ0v) is 14.1. The summed E-state index contributed by atoms with van der Waals surface area (Å²) in [4.78, 5) is 12.6. The van der Waals surface area contributed by atoms with Gasteiger partial charge < -0.3 is 5.32 Å². The Kier molecular flexibility index (Phi) is 4.96. The van der Waals surface area contributed by atoms with E-state index in [0.29, 0.717) is 16.3 Å². The number of carbonyl (C=O) groups excluding carboxylic acids is 1.